The van der Waals surface area contributed by atoms with E-state index in [1.807, 2.05) is 35.3 Å². The highest BCUT2D eigenvalue weighted by molar-refractivity contribution is 5.75. The molecule has 0 aliphatic carbocycles. The van der Waals surface area contributed by atoms with Gasteiger partial charge in [0, 0.05) is 44.3 Å². The Morgan fingerprint density at radius 1 is 1.32 bits per heavy atom. The van der Waals surface area contributed by atoms with Crippen LogP contribution in [0.4, 0.5) is 0 Å². The summed E-state index contributed by atoms with van der Waals surface area (Å²) in [6.07, 6.45) is 9.38. The number of carbonyl (C=O) groups is 1. The molecule has 1 amide bonds. The molecule has 0 atom stereocenters. The van der Waals surface area contributed by atoms with E-state index in [-0.39, 0.29) is 5.91 Å². The Hall–Kier alpha value is -2.17. The molecule has 1 N–H and O–H groups in total. The number of carbonyl (C=O) groups excluding carboxylic acids is 1. The van der Waals surface area contributed by atoms with Gasteiger partial charge in [-0.3, -0.25) is 14.5 Å². The molecule has 2 rings (SSSR count). The van der Waals surface area contributed by atoms with Crippen LogP contribution in [0.5, 0.6) is 0 Å². The van der Waals surface area contributed by atoms with Gasteiger partial charge in [0.2, 0.25) is 5.91 Å². The molecule has 19 heavy (non-hydrogen) atoms. The van der Waals surface area contributed by atoms with Crippen molar-refractivity contribution in [3.05, 3.63) is 48.5 Å². The third-order valence-electron chi connectivity index (χ3n) is 2.81. The Labute approximate surface area is 112 Å². The number of nitrogens with one attached hydrogen (secondary N) is 1. The van der Waals surface area contributed by atoms with Crippen molar-refractivity contribution in [2.45, 2.75) is 25.8 Å². The van der Waals surface area contributed by atoms with Crippen LogP contribution < -0.4 is 5.32 Å². The fraction of sp³-hybridized carbons (Fsp3) is 0.357. The number of hydrogen-bond donors (Lipinski definition) is 1. The van der Waals surface area contributed by atoms with Crippen LogP contribution in [0, 0.1) is 0 Å². The molecule has 0 unspecified atom stereocenters. The van der Waals surface area contributed by atoms with Gasteiger partial charge in [0.15, 0.2) is 0 Å². The van der Waals surface area contributed by atoms with E-state index in [9.17, 15) is 4.79 Å². The summed E-state index contributed by atoms with van der Waals surface area (Å²) < 4.78 is 1.84. The van der Waals surface area contributed by atoms with E-state index in [0.29, 0.717) is 13.0 Å². The SMILES string of the molecule is O=C(CCCn1cccn1)NCCc1cccnc1. The number of aromatic nitrogens is 3. The van der Waals surface area contributed by atoms with Crippen molar-refractivity contribution in [3.8, 4) is 0 Å². The predicted molar refractivity (Wildman–Crippen MR) is 72.4 cm³/mol. The first-order chi connectivity index (χ1) is 9.34. The molecule has 0 spiro atoms. The highest BCUT2D eigenvalue weighted by Crippen LogP contribution is 1.97. The first-order valence-electron chi connectivity index (χ1n) is 6.47. The van der Waals surface area contributed by atoms with Crippen LogP contribution in [0.2, 0.25) is 0 Å². The van der Waals surface area contributed by atoms with Crippen LogP contribution in [0.3, 0.4) is 0 Å². The Kier molecular flexibility index (Phi) is 5.10. The molecule has 0 aliphatic rings. The third-order valence-corrected chi connectivity index (χ3v) is 2.81. The highest BCUT2D eigenvalue weighted by atomic mass is 16.1. The Morgan fingerprint density at radius 2 is 2.26 bits per heavy atom. The Morgan fingerprint density at radius 3 is 3.00 bits per heavy atom. The minimum atomic E-state index is 0.0936. The first-order valence-corrected chi connectivity index (χ1v) is 6.47. The summed E-state index contributed by atoms with van der Waals surface area (Å²) in [5, 5.41) is 7.01. The molecule has 0 radical (unpaired) electrons. The molecule has 0 aliphatic heterocycles. The standard InChI is InChI=1S/C14H18N4O/c19-14(5-2-10-18-11-3-8-17-18)16-9-6-13-4-1-7-15-12-13/h1,3-4,7-8,11-12H,2,5-6,9-10H2,(H,16,19). The summed E-state index contributed by atoms with van der Waals surface area (Å²) in [5.41, 5.74) is 1.14. The van der Waals surface area contributed by atoms with Gasteiger partial charge < -0.3 is 5.32 Å². The molecular formula is C14H18N4O. The molecule has 0 saturated carbocycles. The lowest BCUT2D eigenvalue weighted by Crippen LogP contribution is -2.25. The minimum Gasteiger partial charge on any atom is -0.356 e. The van der Waals surface area contributed by atoms with E-state index in [0.717, 1.165) is 24.9 Å². The van der Waals surface area contributed by atoms with Crippen molar-refractivity contribution < 1.29 is 4.79 Å². The zero-order valence-corrected chi connectivity index (χ0v) is 10.8. The average molecular weight is 258 g/mol. The maximum Gasteiger partial charge on any atom is 0.220 e. The zero-order chi connectivity index (χ0) is 13.3. The van der Waals surface area contributed by atoms with Crippen molar-refractivity contribution in [2.24, 2.45) is 0 Å². The number of amides is 1. The van der Waals surface area contributed by atoms with Crippen molar-refractivity contribution in [1.82, 2.24) is 20.1 Å². The number of nitrogens with zero attached hydrogens (tertiary/aromatic N) is 3. The Bertz CT molecular complexity index is 481. The number of rotatable bonds is 7. The normalized spacial score (nSPS) is 10.3. The molecule has 0 bridgehead atoms. The predicted octanol–water partition coefficient (Wildman–Crippen LogP) is 1.42. The van der Waals surface area contributed by atoms with Gasteiger partial charge in [-0.2, -0.15) is 5.10 Å². The average Bonchev–Trinajstić information content (AvgIpc) is 2.93. The van der Waals surface area contributed by atoms with Gasteiger partial charge in [-0.05, 0) is 30.5 Å². The number of hydrogen-bond acceptors (Lipinski definition) is 3. The van der Waals surface area contributed by atoms with Crippen molar-refractivity contribution in [2.75, 3.05) is 6.54 Å². The summed E-state index contributed by atoms with van der Waals surface area (Å²) >= 11 is 0. The second kappa shape index (κ2) is 7.31. The molecule has 0 fully saturated rings. The van der Waals surface area contributed by atoms with Crippen LogP contribution in [0.15, 0.2) is 43.0 Å². The monoisotopic (exact) mass is 258 g/mol. The molecule has 5 nitrogen and oxygen atoms in total. The van der Waals surface area contributed by atoms with Gasteiger partial charge >= 0.3 is 0 Å². The van der Waals surface area contributed by atoms with E-state index >= 15 is 0 Å². The second-order valence-electron chi connectivity index (χ2n) is 4.33. The van der Waals surface area contributed by atoms with E-state index in [2.05, 4.69) is 15.4 Å². The molecule has 2 aromatic heterocycles. The zero-order valence-electron chi connectivity index (χ0n) is 10.8. The maximum atomic E-state index is 11.6. The topological polar surface area (TPSA) is 59.8 Å². The minimum absolute atomic E-state index is 0.0936. The molecule has 0 aromatic carbocycles. The van der Waals surface area contributed by atoms with Crippen molar-refractivity contribution in [1.29, 1.82) is 0 Å². The van der Waals surface area contributed by atoms with Gasteiger partial charge in [-0.25, -0.2) is 0 Å². The quantitative estimate of drug-likeness (QED) is 0.817. The van der Waals surface area contributed by atoms with Crippen LogP contribution in [-0.4, -0.2) is 27.2 Å². The molecule has 2 heterocycles. The molecule has 2 aromatic rings. The first kappa shape index (κ1) is 13.3. The maximum absolute atomic E-state index is 11.6. The second-order valence-corrected chi connectivity index (χ2v) is 4.33. The fourth-order valence-electron chi connectivity index (χ4n) is 1.81. The molecule has 5 heteroatoms. The lowest BCUT2D eigenvalue weighted by atomic mass is 10.2. The molecule has 100 valence electrons. The fourth-order valence-corrected chi connectivity index (χ4v) is 1.81. The molecular weight excluding hydrogens is 240 g/mol. The van der Waals surface area contributed by atoms with E-state index in [1.54, 1.807) is 12.4 Å². The van der Waals surface area contributed by atoms with E-state index in [4.69, 9.17) is 0 Å². The van der Waals surface area contributed by atoms with Crippen LogP contribution in [-0.2, 0) is 17.8 Å². The highest BCUT2D eigenvalue weighted by Gasteiger charge is 2.01. The van der Waals surface area contributed by atoms with Gasteiger partial charge in [0.05, 0.1) is 0 Å². The van der Waals surface area contributed by atoms with Gasteiger partial charge in [-0.1, -0.05) is 6.07 Å². The van der Waals surface area contributed by atoms with Gasteiger partial charge in [0.1, 0.15) is 0 Å². The van der Waals surface area contributed by atoms with Crippen LogP contribution in [0.1, 0.15) is 18.4 Å². The number of pyridine rings is 1. The summed E-state index contributed by atoms with van der Waals surface area (Å²) in [6.45, 7) is 1.44. The summed E-state index contributed by atoms with van der Waals surface area (Å²) in [4.78, 5) is 15.6. The number of aryl methyl sites for hydroxylation is 1. The summed E-state index contributed by atoms with van der Waals surface area (Å²) in [5.74, 6) is 0.0936. The summed E-state index contributed by atoms with van der Waals surface area (Å²) in [6, 6.07) is 5.80. The van der Waals surface area contributed by atoms with Crippen molar-refractivity contribution in [3.63, 3.8) is 0 Å². The Balaban J connectivity index is 1.57. The lowest BCUT2D eigenvalue weighted by molar-refractivity contribution is -0.121. The largest absolute Gasteiger partial charge is 0.356 e. The van der Waals surface area contributed by atoms with E-state index in [1.165, 1.54) is 0 Å². The third kappa shape index (κ3) is 4.91. The molecule has 0 saturated heterocycles. The van der Waals surface area contributed by atoms with Crippen LogP contribution >= 0.6 is 0 Å². The summed E-state index contributed by atoms with van der Waals surface area (Å²) in [7, 11) is 0. The van der Waals surface area contributed by atoms with E-state index < -0.39 is 0 Å². The van der Waals surface area contributed by atoms with Crippen molar-refractivity contribution >= 4 is 5.91 Å². The lowest BCUT2D eigenvalue weighted by Gasteiger charge is -2.05. The van der Waals surface area contributed by atoms with Gasteiger partial charge in [-0.15, -0.1) is 0 Å². The van der Waals surface area contributed by atoms with Gasteiger partial charge in [0.25, 0.3) is 0 Å². The van der Waals surface area contributed by atoms with Crippen LogP contribution in [0.25, 0.3) is 0 Å². The smallest absolute Gasteiger partial charge is 0.220 e.